The molecule has 0 radical (unpaired) electrons. The Kier molecular flexibility index (Phi) is 5.37. The lowest BCUT2D eigenvalue weighted by Crippen LogP contribution is -2.16. The third-order valence-corrected chi connectivity index (χ3v) is 3.93. The maximum atomic E-state index is 4.61. The maximum absolute atomic E-state index is 4.61. The molecule has 6 heteroatoms. The second kappa shape index (κ2) is 7.87. The molecule has 23 heavy (non-hydrogen) atoms. The van der Waals surface area contributed by atoms with E-state index in [4.69, 9.17) is 0 Å². The standard InChI is InChI=1S/C17H24N6/c1-13-22-16-6-11-18-10-5-15(16)17(23-13)21-9-3-8-20-14-4-2-7-19-12-14/h2,4,7,12,18,20H,3,5-6,8-11H2,1H3,(H,21,22,23). The molecule has 0 aliphatic carbocycles. The highest BCUT2D eigenvalue weighted by Crippen LogP contribution is 2.19. The van der Waals surface area contributed by atoms with E-state index in [1.165, 1.54) is 11.3 Å². The molecule has 2 aromatic heterocycles. The molecule has 1 aliphatic heterocycles. The Hall–Kier alpha value is -2.21. The van der Waals surface area contributed by atoms with Gasteiger partial charge in [0.25, 0.3) is 0 Å². The number of anilines is 2. The molecule has 0 aromatic carbocycles. The van der Waals surface area contributed by atoms with Crippen LogP contribution in [0.5, 0.6) is 0 Å². The molecule has 3 N–H and O–H groups in total. The molecule has 0 bridgehead atoms. The zero-order chi connectivity index (χ0) is 15.9. The molecule has 0 saturated carbocycles. The predicted molar refractivity (Wildman–Crippen MR) is 92.9 cm³/mol. The van der Waals surface area contributed by atoms with E-state index < -0.39 is 0 Å². The number of aromatic nitrogens is 3. The molecule has 0 atom stereocenters. The molecule has 0 amide bonds. The molecule has 0 fully saturated rings. The van der Waals surface area contributed by atoms with Crippen molar-refractivity contribution >= 4 is 11.5 Å². The van der Waals surface area contributed by atoms with Gasteiger partial charge in [0.1, 0.15) is 11.6 Å². The van der Waals surface area contributed by atoms with Crippen LogP contribution < -0.4 is 16.0 Å². The third-order valence-electron chi connectivity index (χ3n) is 3.93. The van der Waals surface area contributed by atoms with Crippen LogP contribution in [-0.4, -0.2) is 41.1 Å². The lowest BCUT2D eigenvalue weighted by Gasteiger charge is -2.14. The summed E-state index contributed by atoms with van der Waals surface area (Å²) < 4.78 is 0. The summed E-state index contributed by atoms with van der Waals surface area (Å²) in [6, 6.07) is 3.97. The number of rotatable bonds is 6. The first-order valence-corrected chi connectivity index (χ1v) is 8.28. The van der Waals surface area contributed by atoms with Gasteiger partial charge in [0, 0.05) is 44.0 Å². The third kappa shape index (κ3) is 4.39. The summed E-state index contributed by atoms with van der Waals surface area (Å²) in [4.78, 5) is 13.3. The molecular weight excluding hydrogens is 288 g/mol. The summed E-state index contributed by atoms with van der Waals surface area (Å²) in [5.41, 5.74) is 3.53. The average Bonchev–Trinajstić information content (AvgIpc) is 2.80. The van der Waals surface area contributed by atoms with Crippen molar-refractivity contribution in [2.75, 3.05) is 36.8 Å². The molecule has 122 valence electrons. The van der Waals surface area contributed by atoms with Crippen molar-refractivity contribution in [3.63, 3.8) is 0 Å². The van der Waals surface area contributed by atoms with E-state index in [9.17, 15) is 0 Å². The number of fused-ring (bicyclic) bond motifs is 1. The Morgan fingerprint density at radius 2 is 2.00 bits per heavy atom. The minimum absolute atomic E-state index is 0.849. The summed E-state index contributed by atoms with van der Waals surface area (Å²) in [7, 11) is 0. The number of aryl methyl sites for hydroxylation is 1. The van der Waals surface area contributed by atoms with Gasteiger partial charge in [-0.25, -0.2) is 9.97 Å². The van der Waals surface area contributed by atoms with Crippen LogP contribution >= 0.6 is 0 Å². The van der Waals surface area contributed by atoms with Gasteiger partial charge in [0.15, 0.2) is 0 Å². The smallest absolute Gasteiger partial charge is 0.133 e. The largest absolute Gasteiger partial charge is 0.384 e. The van der Waals surface area contributed by atoms with Crippen molar-refractivity contribution in [1.29, 1.82) is 0 Å². The monoisotopic (exact) mass is 312 g/mol. The first-order valence-electron chi connectivity index (χ1n) is 8.28. The van der Waals surface area contributed by atoms with Gasteiger partial charge >= 0.3 is 0 Å². The Bertz CT molecular complexity index is 628. The van der Waals surface area contributed by atoms with E-state index in [0.717, 1.165) is 62.8 Å². The van der Waals surface area contributed by atoms with Crippen molar-refractivity contribution < 1.29 is 0 Å². The van der Waals surface area contributed by atoms with Crippen molar-refractivity contribution in [3.8, 4) is 0 Å². The van der Waals surface area contributed by atoms with Gasteiger partial charge in [-0.15, -0.1) is 0 Å². The summed E-state index contributed by atoms with van der Waals surface area (Å²) in [5, 5.41) is 10.3. The topological polar surface area (TPSA) is 74.8 Å². The highest BCUT2D eigenvalue weighted by Gasteiger charge is 2.15. The van der Waals surface area contributed by atoms with Gasteiger partial charge < -0.3 is 16.0 Å². The van der Waals surface area contributed by atoms with E-state index in [0.29, 0.717) is 0 Å². The minimum atomic E-state index is 0.849. The van der Waals surface area contributed by atoms with Gasteiger partial charge in [-0.3, -0.25) is 4.98 Å². The molecule has 2 aromatic rings. The van der Waals surface area contributed by atoms with Crippen LogP contribution in [0.15, 0.2) is 24.5 Å². The highest BCUT2D eigenvalue weighted by molar-refractivity contribution is 5.47. The Balaban J connectivity index is 1.53. The number of pyridine rings is 1. The fourth-order valence-corrected chi connectivity index (χ4v) is 2.81. The number of hydrogen-bond acceptors (Lipinski definition) is 6. The second-order valence-corrected chi connectivity index (χ2v) is 5.74. The fraction of sp³-hybridized carbons (Fsp3) is 0.471. The van der Waals surface area contributed by atoms with E-state index in [-0.39, 0.29) is 0 Å². The maximum Gasteiger partial charge on any atom is 0.133 e. The Morgan fingerprint density at radius 1 is 1.13 bits per heavy atom. The number of nitrogens with zero attached hydrogens (tertiary/aromatic N) is 3. The van der Waals surface area contributed by atoms with E-state index in [1.54, 1.807) is 6.20 Å². The van der Waals surface area contributed by atoms with E-state index in [2.05, 4.69) is 30.9 Å². The molecular formula is C17H24N6. The number of nitrogens with one attached hydrogen (secondary N) is 3. The van der Waals surface area contributed by atoms with Crippen molar-refractivity contribution in [1.82, 2.24) is 20.3 Å². The normalized spacial score (nSPS) is 14.0. The quantitative estimate of drug-likeness (QED) is 0.706. The van der Waals surface area contributed by atoms with Gasteiger partial charge in [-0.2, -0.15) is 0 Å². The predicted octanol–water partition coefficient (Wildman–Crippen LogP) is 1.78. The van der Waals surface area contributed by atoms with Gasteiger partial charge in [0.2, 0.25) is 0 Å². The van der Waals surface area contributed by atoms with Crippen LogP contribution in [0.25, 0.3) is 0 Å². The molecule has 3 rings (SSSR count). The molecule has 0 saturated heterocycles. The lowest BCUT2D eigenvalue weighted by atomic mass is 10.1. The van der Waals surface area contributed by atoms with Crippen LogP contribution in [0.4, 0.5) is 11.5 Å². The highest BCUT2D eigenvalue weighted by atomic mass is 15.0. The van der Waals surface area contributed by atoms with Gasteiger partial charge in [0.05, 0.1) is 11.4 Å². The fourth-order valence-electron chi connectivity index (χ4n) is 2.81. The van der Waals surface area contributed by atoms with Crippen molar-refractivity contribution in [2.24, 2.45) is 0 Å². The van der Waals surface area contributed by atoms with Crippen LogP contribution in [0.3, 0.4) is 0 Å². The van der Waals surface area contributed by atoms with Crippen molar-refractivity contribution in [2.45, 2.75) is 26.2 Å². The molecule has 1 aliphatic rings. The van der Waals surface area contributed by atoms with E-state index in [1.807, 2.05) is 25.3 Å². The Morgan fingerprint density at radius 3 is 2.87 bits per heavy atom. The SMILES string of the molecule is Cc1nc2c(c(NCCCNc3cccnc3)n1)CCNCC2. The molecule has 0 unspecified atom stereocenters. The lowest BCUT2D eigenvalue weighted by molar-refractivity contribution is 0.708. The first kappa shape index (κ1) is 15.7. The zero-order valence-electron chi connectivity index (χ0n) is 13.6. The summed E-state index contributed by atoms with van der Waals surface area (Å²) >= 11 is 0. The molecule has 3 heterocycles. The van der Waals surface area contributed by atoms with E-state index >= 15 is 0 Å². The summed E-state index contributed by atoms with van der Waals surface area (Å²) in [6.45, 7) is 5.76. The molecule has 6 nitrogen and oxygen atoms in total. The van der Waals surface area contributed by atoms with Crippen LogP contribution in [-0.2, 0) is 12.8 Å². The molecule has 0 spiro atoms. The zero-order valence-corrected chi connectivity index (χ0v) is 13.6. The Labute approximate surface area is 137 Å². The minimum Gasteiger partial charge on any atom is -0.384 e. The van der Waals surface area contributed by atoms with Gasteiger partial charge in [-0.05, 0) is 38.4 Å². The van der Waals surface area contributed by atoms with Crippen LogP contribution in [0.1, 0.15) is 23.5 Å². The first-order chi connectivity index (χ1) is 11.3. The second-order valence-electron chi connectivity index (χ2n) is 5.74. The van der Waals surface area contributed by atoms with Crippen molar-refractivity contribution in [3.05, 3.63) is 41.6 Å². The van der Waals surface area contributed by atoms with Crippen LogP contribution in [0.2, 0.25) is 0 Å². The number of hydrogen-bond donors (Lipinski definition) is 3. The summed E-state index contributed by atoms with van der Waals surface area (Å²) in [5.74, 6) is 1.86. The van der Waals surface area contributed by atoms with Crippen LogP contribution in [0, 0.1) is 6.92 Å². The average molecular weight is 312 g/mol. The van der Waals surface area contributed by atoms with Gasteiger partial charge in [-0.1, -0.05) is 0 Å². The summed E-state index contributed by atoms with van der Waals surface area (Å²) in [6.07, 6.45) is 6.62.